The molecule has 0 spiro atoms. The SMILES string of the molecule is CCCCCCCC[C@H]1CO[C@H]([C@H]2CC[C@H](c3ccc(F)cc3)CC2)O[C@@H]1C. The van der Waals surface area contributed by atoms with Gasteiger partial charge in [0.1, 0.15) is 5.82 Å². The molecule has 2 nitrogen and oxygen atoms in total. The maximum absolute atomic E-state index is 13.1. The molecule has 1 saturated carbocycles. The molecule has 1 saturated heterocycles. The third-order valence-corrected chi connectivity index (χ3v) is 6.91. The summed E-state index contributed by atoms with van der Waals surface area (Å²) in [7, 11) is 0. The Labute approximate surface area is 171 Å². The number of halogens is 1. The van der Waals surface area contributed by atoms with E-state index >= 15 is 0 Å². The fourth-order valence-corrected chi connectivity index (χ4v) is 4.93. The van der Waals surface area contributed by atoms with Crippen LogP contribution in [0.3, 0.4) is 0 Å². The van der Waals surface area contributed by atoms with Gasteiger partial charge < -0.3 is 9.47 Å². The molecule has 28 heavy (non-hydrogen) atoms. The van der Waals surface area contributed by atoms with Crippen molar-refractivity contribution < 1.29 is 13.9 Å². The fraction of sp³-hybridized carbons (Fsp3) is 0.760. The topological polar surface area (TPSA) is 18.5 Å². The fourth-order valence-electron chi connectivity index (χ4n) is 4.93. The highest BCUT2D eigenvalue weighted by molar-refractivity contribution is 5.20. The van der Waals surface area contributed by atoms with Crippen molar-refractivity contribution in [3.05, 3.63) is 35.6 Å². The maximum atomic E-state index is 13.1. The molecule has 1 aromatic rings. The van der Waals surface area contributed by atoms with E-state index < -0.39 is 0 Å². The summed E-state index contributed by atoms with van der Waals surface area (Å²) in [5.74, 6) is 1.47. The third kappa shape index (κ3) is 6.29. The van der Waals surface area contributed by atoms with Crippen LogP contribution in [0.2, 0.25) is 0 Å². The summed E-state index contributed by atoms with van der Waals surface area (Å²) in [4.78, 5) is 0. The summed E-state index contributed by atoms with van der Waals surface area (Å²) < 4.78 is 25.6. The number of unbranched alkanes of at least 4 members (excludes halogenated alkanes) is 5. The van der Waals surface area contributed by atoms with E-state index in [1.165, 1.54) is 50.5 Å². The second kappa shape index (κ2) is 11.3. The van der Waals surface area contributed by atoms with Crippen molar-refractivity contribution in [1.29, 1.82) is 0 Å². The lowest BCUT2D eigenvalue weighted by Crippen LogP contribution is -2.42. The van der Waals surface area contributed by atoms with Gasteiger partial charge >= 0.3 is 0 Å². The van der Waals surface area contributed by atoms with Gasteiger partial charge in [-0.05, 0) is 62.6 Å². The van der Waals surface area contributed by atoms with Gasteiger partial charge in [0.05, 0.1) is 12.7 Å². The predicted molar refractivity (Wildman–Crippen MR) is 113 cm³/mol. The highest BCUT2D eigenvalue weighted by atomic mass is 19.1. The van der Waals surface area contributed by atoms with Gasteiger partial charge in [0.2, 0.25) is 0 Å². The maximum Gasteiger partial charge on any atom is 0.160 e. The highest BCUT2D eigenvalue weighted by Crippen LogP contribution is 2.40. The Kier molecular flexibility index (Phi) is 8.79. The van der Waals surface area contributed by atoms with Gasteiger partial charge in [-0.25, -0.2) is 4.39 Å². The van der Waals surface area contributed by atoms with Crippen LogP contribution in [0.4, 0.5) is 4.39 Å². The zero-order valence-electron chi connectivity index (χ0n) is 17.9. The standard InChI is InChI=1S/C25H39FO2/c1-3-4-5-6-7-8-9-23-18-27-25(28-19(23)2)22-12-10-20(11-13-22)21-14-16-24(26)17-15-21/h14-17,19-20,22-23,25H,3-13,18H2,1-2H3/t19-,20-,22-,23+,25+/m1/s1. The van der Waals surface area contributed by atoms with Crippen LogP contribution in [0.25, 0.3) is 0 Å². The Morgan fingerprint density at radius 3 is 2.29 bits per heavy atom. The lowest BCUT2D eigenvalue weighted by atomic mass is 9.78. The zero-order valence-corrected chi connectivity index (χ0v) is 17.9. The van der Waals surface area contributed by atoms with Crippen molar-refractivity contribution in [3.63, 3.8) is 0 Å². The molecule has 3 heteroatoms. The number of benzene rings is 1. The predicted octanol–water partition coefficient (Wildman–Crippen LogP) is 7.23. The van der Waals surface area contributed by atoms with E-state index in [1.54, 1.807) is 12.1 Å². The molecule has 1 aromatic carbocycles. The van der Waals surface area contributed by atoms with E-state index in [4.69, 9.17) is 9.47 Å². The molecule has 158 valence electrons. The van der Waals surface area contributed by atoms with E-state index in [9.17, 15) is 4.39 Å². The minimum absolute atomic E-state index is 0.0232. The molecule has 0 unspecified atom stereocenters. The Balaban J connectivity index is 1.36. The average Bonchev–Trinajstić information content (AvgIpc) is 2.72. The molecule has 0 amide bonds. The quantitative estimate of drug-likeness (QED) is 0.414. The van der Waals surface area contributed by atoms with Crippen molar-refractivity contribution in [3.8, 4) is 0 Å². The van der Waals surface area contributed by atoms with Crippen LogP contribution < -0.4 is 0 Å². The van der Waals surface area contributed by atoms with E-state index in [2.05, 4.69) is 13.8 Å². The highest BCUT2D eigenvalue weighted by Gasteiger charge is 2.35. The van der Waals surface area contributed by atoms with Crippen LogP contribution in [0.5, 0.6) is 0 Å². The first-order valence-corrected chi connectivity index (χ1v) is 11.7. The summed E-state index contributed by atoms with van der Waals surface area (Å²) in [6.45, 7) is 5.37. The molecule has 3 rings (SSSR count). The summed E-state index contributed by atoms with van der Waals surface area (Å²) in [6, 6.07) is 7.06. The van der Waals surface area contributed by atoms with E-state index in [1.807, 2.05) is 12.1 Å². The first-order valence-electron chi connectivity index (χ1n) is 11.7. The van der Waals surface area contributed by atoms with Crippen LogP contribution in [0.1, 0.15) is 96.0 Å². The van der Waals surface area contributed by atoms with Crippen molar-refractivity contribution in [2.45, 2.75) is 103 Å². The summed E-state index contributed by atoms with van der Waals surface area (Å²) in [5.41, 5.74) is 1.28. The van der Waals surface area contributed by atoms with E-state index in [0.717, 1.165) is 32.3 Å². The Morgan fingerprint density at radius 2 is 1.61 bits per heavy atom. The third-order valence-electron chi connectivity index (χ3n) is 6.91. The second-order valence-electron chi connectivity index (χ2n) is 9.02. The van der Waals surface area contributed by atoms with Gasteiger partial charge in [0.25, 0.3) is 0 Å². The molecule has 2 fully saturated rings. The molecule has 1 aliphatic heterocycles. The number of ether oxygens (including phenoxy) is 2. The number of rotatable bonds is 9. The Morgan fingerprint density at radius 1 is 0.929 bits per heavy atom. The molecular formula is C25H39FO2. The van der Waals surface area contributed by atoms with Crippen molar-refractivity contribution in [2.24, 2.45) is 11.8 Å². The van der Waals surface area contributed by atoms with Crippen LogP contribution in [0, 0.1) is 17.7 Å². The van der Waals surface area contributed by atoms with E-state index in [-0.39, 0.29) is 12.1 Å². The van der Waals surface area contributed by atoms with Gasteiger partial charge in [0, 0.05) is 11.8 Å². The van der Waals surface area contributed by atoms with Gasteiger partial charge in [0.15, 0.2) is 6.29 Å². The first kappa shape index (κ1) is 21.8. The molecule has 0 bridgehead atoms. The molecule has 2 aliphatic rings. The first-order chi connectivity index (χ1) is 13.7. The summed E-state index contributed by atoms with van der Waals surface area (Å²) in [5, 5.41) is 0. The van der Waals surface area contributed by atoms with Gasteiger partial charge in [-0.1, -0.05) is 57.6 Å². The second-order valence-corrected chi connectivity index (χ2v) is 9.02. The lowest BCUT2D eigenvalue weighted by Gasteiger charge is -2.40. The van der Waals surface area contributed by atoms with Crippen LogP contribution in [0.15, 0.2) is 24.3 Å². The lowest BCUT2D eigenvalue weighted by molar-refractivity contribution is -0.257. The zero-order chi connectivity index (χ0) is 19.8. The molecule has 0 aromatic heterocycles. The van der Waals surface area contributed by atoms with Crippen LogP contribution in [-0.4, -0.2) is 19.0 Å². The smallest absolute Gasteiger partial charge is 0.160 e. The molecule has 0 N–H and O–H groups in total. The van der Waals surface area contributed by atoms with Crippen LogP contribution >= 0.6 is 0 Å². The minimum atomic E-state index is -0.147. The van der Waals surface area contributed by atoms with Gasteiger partial charge in [-0.15, -0.1) is 0 Å². The normalized spacial score (nSPS) is 31.0. The van der Waals surface area contributed by atoms with Crippen LogP contribution in [-0.2, 0) is 9.47 Å². The number of hydrogen-bond donors (Lipinski definition) is 0. The van der Waals surface area contributed by atoms with E-state index in [0.29, 0.717) is 23.9 Å². The molecule has 1 aliphatic carbocycles. The Bertz CT molecular complexity index is 550. The summed E-state index contributed by atoms with van der Waals surface area (Å²) in [6.07, 6.45) is 14.2. The van der Waals surface area contributed by atoms with Crippen molar-refractivity contribution in [1.82, 2.24) is 0 Å². The largest absolute Gasteiger partial charge is 0.352 e. The van der Waals surface area contributed by atoms with Gasteiger partial charge in [-0.2, -0.15) is 0 Å². The number of hydrogen-bond acceptors (Lipinski definition) is 2. The Hall–Kier alpha value is -0.930. The molecular weight excluding hydrogens is 351 g/mol. The minimum Gasteiger partial charge on any atom is -0.352 e. The average molecular weight is 391 g/mol. The molecule has 1 heterocycles. The van der Waals surface area contributed by atoms with Crippen molar-refractivity contribution >= 4 is 0 Å². The van der Waals surface area contributed by atoms with Crippen molar-refractivity contribution in [2.75, 3.05) is 6.61 Å². The molecule has 0 radical (unpaired) electrons. The van der Waals surface area contributed by atoms with Gasteiger partial charge in [-0.3, -0.25) is 0 Å². The molecule has 3 atom stereocenters. The monoisotopic (exact) mass is 390 g/mol. The summed E-state index contributed by atoms with van der Waals surface area (Å²) >= 11 is 0.